The summed E-state index contributed by atoms with van der Waals surface area (Å²) in [5.41, 5.74) is -0.0584. The fraction of sp³-hybridized carbons (Fsp3) is 0.889. The van der Waals surface area contributed by atoms with Crippen LogP contribution in [0.4, 0.5) is 0 Å². The Morgan fingerprint density at radius 2 is 2.38 bits per heavy atom. The fourth-order valence-corrected chi connectivity index (χ4v) is 1.94. The molecule has 1 N–H and O–H groups in total. The van der Waals surface area contributed by atoms with Gasteiger partial charge in [0.05, 0.1) is 12.7 Å². The normalized spacial score (nSPS) is 31.0. The van der Waals surface area contributed by atoms with Gasteiger partial charge in [-0.25, -0.2) is 4.79 Å². The minimum absolute atomic E-state index is 0.0584. The molecule has 0 aromatic heterocycles. The number of carbonyl (C=O) groups is 1. The molecule has 74 valence electrons. The molecule has 0 radical (unpaired) electrons. The Morgan fingerprint density at radius 1 is 1.62 bits per heavy atom. The van der Waals surface area contributed by atoms with Crippen molar-refractivity contribution in [2.24, 2.45) is 0 Å². The minimum atomic E-state index is -0.404. The van der Waals surface area contributed by atoms with Gasteiger partial charge in [-0.15, -0.1) is 0 Å². The molecule has 1 spiro atoms. The molecule has 1 unspecified atom stereocenters. The highest BCUT2D eigenvalue weighted by molar-refractivity contribution is 5.75. The highest BCUT2D eigenvalue weighted by Gasteiger charge is 2.44. The van der Waals surface area contributed by atoms with Crippen LogP contribution in [0, 0.1) is 0 Å². The lowest BCUT2D eigenvalue weighted by atomic mass is 9.79. The third kappa shape index (κ3) is 1.56. The maximum atomic E-state index is 11.2. The van der Waals surface area contributed by atoms with Crippen molar-refractivity contribution in [2.75, 3.05) is 20.2 Å². The Hall–Kier alpha value is -0.610. The summed E-state index contributed by atoms with van der Waals surface area (Å²) < 4.78 is 10.4. The lowest BCUT2D eigenvalue weighted by molar-refractivity contribution is -0.188. The quantitative estimate of drug-likeness (QED) is 0.587. The van der Waals surface area contributed by atoms with E-state index in [9.17, 15) is 4.79 Å². The van der Waals surface area contributed by atoms with Gasteiger partial charge in [-0.2, -0.15) is 0 Å². The van der Waals surface area contributed by atoms with Crippen molar-refractivity contribution in [1.82, 2.24) is 5.32 Å². The van der Waals surface area contributed by atoms with Gasteiger partial charge < -0.3 is 14.8 Å². The number of carbonyl (C=O) groups excluding carboxylic acids is 1. The smallest absolute Gasteiger partial charge is 0.336 e. The largest absolute Gasteiger partial charge is 0.467 e. The van der Waals surface area contributed by atoms with E-state index in [2.05, 4.69) is 10.1 Å². The van der Waals surface area contributed by atoms with E-state index in [-0.39, 0.29) is 11.6 Å². The molecule has 1 aliphatic carbocycles. The highest BCUT2D eigenvalue weighted by Crippen LogP contribution is 2.37. The molecule has 2 fully saturated rings. The van der Waals surface area contributed by atoms with Crippen LogP contribution < -0.4 is 5.32 Å². The summed E-state index contributed by atoms with van der Waals surface area (Å²) in [5, 5.41) is 3.22. The fourth-order valence-electron chi connectivity index (χ4n) is 1.94. The van der Waals surface area contributed by atoms with Gasteiger partial charge in [-0.3, -0.25) is 0 Å². The Bertz CT molecular complexity index is 213. The lowest BCUT2D eigenvalue weighted by Crippen LogP contribution is -2.59. The number of ether oxygens (including phenoxy) is 2. The van der Waals surface area contributed by atoms with E-state index in [0.29, 0.717) is 6.54 Å². The molecule has 13 heavy (non-hydrogen) atoms. The SMILES string of the molecule is COC(=O)C1CNCC2(CCC2)O1. The number of methoxy groups -OCH3 is 1. The van der Waals surface area contributed by atoms with E-state index in [1.807, 2.05) is 0 Å². The Balaban J connectivity index is 1.95. The number of hydrogen-bond acceptors (Lipinski definition) is 4. The molecule has 2 aliphatic rings. The van der Waals surface area contributed by atoms with Crippen LogP contribution in [0.5, 0.6) is 0 Å². The summed E-state index contributed by atoms with van der Waals surface area (Å²) >= 11 is 0. The summed E-state index contributed by atoms with van der Waals surface area (Å²) in [6.45, 7) is 1.45. The highest BCUT2D eigenvalue weighted by atomic mass is 16.6. The van der Waals surface area contributed by atoms with E-state index in [1.165, 1.54) is 13.5 Å². The lowest BCUT2D eigenvalue weighted by Gasteiger charge is -2.46. The third-order valence-corrected chi connectivity index (χ3v) is 2.90. The first-order valence-electron chi connectivity index (χ1n) is 4.72. The predicted octanol–water partition coefficient (Wildman–Crippen LogP) is 0.0705. The van der Waals surface area contributed by atoms with E-state index >= 15 is 0 Å². The topological polar surface area (TPSA) is 47.6 Å². The third-order valence-electron chi connectivity index (χ3n) is 2.90. The summed E-state index contributed by atoms with van der Waals surface area (Å²) in [6.07, 6.45) is 2.93. The van der Waals surface area contributed by atoms with Crippen molar-refractivity contribution in [3.05, 3.63) is 0 Å². The van der Waals surface area contributed by atoms with Gasteiger partial charge in [0.25, 0.3) is 0 Å². The van der Waals surface area contributed by atoms with Crippen LogP contribution in [0.15, 0.2) is 0 Å². The van der Waals surface area contributed by atoms with Gasteiger partial charge in [-0.05, 0) is 19.3 Å². The zero-order valence-electron chi connectivity index (χ0n) is 7.84. The molecule has 1 atom stereocenters. The zero-order valence-corrected chi connectivity index (χ0v) is 7.84. The van der Waals surface area contributed by atoms with Crippen molar-refractivity contribution in [1.29, 1.82) is 0 Å². The standard InChI is InChI=1S/C9H15NO3/c1-12-8(11)7-5-10-6-9(13-7)3-2-4-9/h7,10H,2-6H2,1H3. The Kier molecular flexibility index (Phi) is 2.26. The van der Waals surface area contributed by atoms with E-state index in [1.54, 1.807) is 0 Å². The summed E-state index contributed by atoms with van der Waals surface area (Å²) in [7, 11) is 1.40. The summed E-state index contributed by atoms with van der Waals surface area (Å²) in [4.78, 5) is 11.2. The van der Waals surface area contributed by atoms with Gasteiger partial charge >= 0.3 is 5.97 Å². The predicted molar refractivity (Wildman–Crippen MR) is 46.3 cm³/mol. The second-order valence-corrected chi connectivity index (χ2v) is 3.80. The van der Waals surface area contributed by atoms with Crippen LogP contribution >= 0.6 is 0 Å². The first-order chi connectivity index (χ1) is 6.26. The molecule has 1 saturated carbocycles. The molecule has 1 saturated heterocycles. The summed E-state index contributed by atoms with van der Waals surface area (Å²) in [5.74, 6) is -0.265. The van der Waals surface area contributed by atoms with E-state index in [4.69, 9.17) is 4.74 Å². The maximum absolute atomic E-state index is 11.2. The molecule has 0 bridgehead atoms. The van der Waals surface area contributed by atoms with Crippen molar-refractivity contribution in [3.8, 4) is 0 Å². The molecule has 0 aromatic carbocycles. The number of nitrogens with one attached hydrogen (secondary N) is 1. The second kappa shape index (κ2) is 3.27. The number of esters is 1. The summed E-state index contributed by atoms with van der Waals surface area (Å²) in [6, 6.07) is 0. The molecule has 0 aromatic rings. The number of morpholine rings is 1. The monoisotopic (exact) mass is 185 g/mol. The molecule has 0 amide bonds. The Labute approximate surface area is 77.6 Å². The molecule has 1 heterocycles. The van der Waals surface area contributed by atoms with E-state index in [0.717, 1.165) is 19.4 Å². The molecule has 4 nitrogen and oxygen atoms in total. The van der Waals surface area contributed by atoms with Crippen LogP contribution in [-0.4, -0.2) is 37.9 Å². The Morgan fingerprint density at radius 3 is 2.92 bits per heavy atom. The maximum Gasteiger partial charge on any atom is 0.336 e. The van der Waals surface area contributed by atoms with Crippen LogP contribution in [0.2, 0.25) is 0 Å². The zero-order chi connectivity index (χ0) is 9.31. The molecular weight excluding hydrogens is 170 g/mol. The average Bonchev–Trinajstić information content (AvgIpc) is 2.14. The second-order valence-electron chi connectivity index (χ2n) is 3.80. The van der Waals surface area contributed by atoms with Gasteiger partial charge in [0, 0.05) is 13.1 Å². The van der Waals surface area contributed by atoms with Crippen LogP contribution in [-0.2, 0) is 14.3 Å². The molecule has 4 heteroatoms. The average molecular weight is 185 g/mol. The van der Waals surface area contributed by atoms with Crippen LogP contribution in [0.1, 0.15) is 19.3 Å². The molecule has 1 aliphatic heterocycles. The number of rotatable bonds is 1. The van der Waals surface area contributed by atoms with Gasteiger partial charge in [-0.1, -0.05) is 0 Å². The van der Waals surface area contributed by atoms with Gasteiger partial charge in [0.15, 0.2) is 6.10 Å². The first kappa shape index (κ1) is 8.97. The van der Waals surface area contributed by atoms with Crippen molar-refractivity contribution in [3.63, 3.8) is 0 Å². The van der Waals surface area contributed by atoms with Crippen LogP contribution in [0.25, 0.3) is 0 Å². The van der Waals surface area contributed by atoms with Gasteiger partial charge in [0.2, 0.25) is 0 Å². The van der Waals surface area contributed by atoms with Crippen LogP contribution in [0.3, 0.4) is 0 Å². The molecular formula is C9H15NO3. The van der Waals surface area contributed by atoms with Gasteiger partial charge in [0.1, 0.15) is 0 Å². The first-order valence-corrected chi connectivity index (χ1v) is 4.72. The van der Waals surface area contributed by atoms with Crippen molar-refractivity contribution >= 4 is 5.97 Å². The minimum Gasteiger partial charge on any atom is -0.467 e. The van der Waals surface area contributed by atoms with E-state index < -0.39 is 6.10 Å². The van der Waals surface area contributed by atoms with Crippen molar-refractivity contribution in [2.45, 2.75) is 31.0 Å². The number of hydrogen-bond donors (Lipinski definition) is 1. The molecule has 2 rings (SSSR count). The van der Waals surface area contributed by atoms with Crippen molar-refractivity contribution < 1.29 is 14.3 Å².